The molecule has 1 atom stereocenters. The average molecular weight is 397 g/mol. The number of H-pyrrole nitrogens is 1. The lowest BCUT2D eigenvalue weighted by Crippen LogP contribution is -2.15. The predicted octanol–water partition coefficient (Wildman–Crippen LogP) is 5.18. The topological polar surface area (TPSA) is 63.6 Å². The van der Waals surface area contributed by atoms with Gasteiger partial charge in [-0.05, 0) is 38.3 Å². The molecule has 3 aromatic heterocycles. The highest BCUT2D eigenvalue weighted by Crippen LogP contribution is 2.32. The maximum Gasteiger partial charge on any atom is 0.192 e. The number of benzene rings is 1. The van der Waals surface area contributed by atoms with Gasteiger partial charge in [-0.25, -0.2) is 0 Å². The Morgan fingerprint density at radius 2 is 2.07 bits per heavy atom. The number of carbonyl (C=O) groups excluding carboxylic acids is 1. The number of hydrogen-bond acceptors (Lipinski definition) is 5. The van der Waals surface area contributed by atoms with E-state index in [4.69, 9.17) is 0 Å². The van der Waals surface area contributed by atoms with Gasteiger partial charge in [0.05, 0.1) is 10.1 Å². The molecule has 5 nitrogen and oxygen atoms in total. The van der Waals surface area contributed by atoms with Crippen LogP contribution in [0, 0.1) is 6.92 Å². The van der Waals surface area contributed by atoms with Crippen LogP contribution in [-0.4, -0.2) is 30.8 Å². The van der Waals surface area contributed by atoms with Crippen LogP contribution in [0.4, 0.5) is 0 Å². The molecule has 1 aromatic carbocycles. The van der Waals surface area contributed by atoms with Gasteiger partial charge in [0.2, 0.25) is 0 Å². The van der Waals surface area contributed by atoms with Gasteiger partial charge in [0.15, 0.2) is 16.8 Å². The highest BCUT2D eigenvalue weighted by Gasteiger charge is 2.25. The molecule has 27 heavy (non-hydrogen) atoms. The van der Waals surface area contributed by atoms with Crippen molar-refractivity contribution >= 4 is 39.8 Å². The maximum absolute atomic E-state index is 13.2. The Morgan fingerprint density at radius 3 is 2.81 bits per heavy atom. The summed E-state index contributed by atoms with van der Waals surface area (Å²) in [7, 11) is 0. The Balaban J connectivity index is 1.63. The molecular weight excluding hydrogens is 376 g/mol. The predicted molar refractivity (Wildman–Crippen MR) is 112 cm³/mol. The summed E-state index contributed by atoms with van der Waals surface area (Å²) in [5.74, 6) is 0.969. The standard InChI is InChI=1S/C20H20N4OS2/c1-4-24-19(16-10-7-11-26-16)22-23-20(24)27-13(3)18(25)17-12(2)21-15-9-6-5-8-14(15)17/h5-11,13,21H,4H2,1-3H3. The minimum atomic E-state index is -0.256. The van der Waals surface area contributed by atoms with Gasteiger partial charge >= 0.3 is 0 Å². The quantitative estimate of drug-likeness (QED) is 0.360. The van der Waals surface area contributed by atoms with Gasteiger partial charge in [-0.15, -0.1) is 21.5 Å². The molecule has 0 saturated heterocycles. The van der Waals surface area contributed by atoms with Crippen LogP contribution in [-0.2, 0) is 6.54 Å². The molecule has 4 rings (SSSR count). The van der Waals surface area contributed by atoms with E-state index in [1.165, 1.54) is 11.8 Å². The second-order valence-corrected chi connectivity index (χ2v) is 8.58. The molecule has 1 N–H and O–H groups in total. The highest BCUT2D eigenvalue weighted by molar-refractivity contribution is 8.00. The fraction of sp³-hybridized carbons (Fsp3) is 0.250. The van der Waals surface area contributed by atoms with Crippen LogP contribution in [0.5, 0.6) is 0 Å². The summed E-state index contributed by atoms with van der Waals surface area (Å²) in [4.78, 5) is 17.6. The molecule has 0 fully saturated rings. The number of aryl methyl sites for hydroxylation is 1. The number of ketones is 1. The zero-order valence-electron chi connectivity index (χ0n) is 15.4. The van der Waals surface area contributed by atoms with Crippen molar-refractivity contribution in [2.75, 3.05) is 0 Å². The van der Waals surface area contributed by atoms with Crippen molar-refractivity contribution in [1.82, 2.24) is 19.7 Å². The van der Waals surface area contributed by atoms with E-state index in [1.54, 1.807) is 11.3 Å². The number of para-hydroxylation sites is 1. The fourth-order valence-electron chi connectivity index (χ4n) is 3.26. The molecule has 0 amide bonds. The molecule has 0 aliphatic carbocycles. The molecule has 138 valence electrons. The third kappa shape index (κ3) is 3.21. The van der Waals surface area contributed by atoms with Gasteiger partial charge in [-0.1, -0.05) is 36.0 Å². The molecule has 7 heteroatoms. The molecule has 0 radical (unpaired) electrons. The minimum Gasteiger partial charge on any atom is -0.358 e. The van der Waals surface area contributed by atoms with Crippen LogP contribution >= 0.6 is 23.1 Å². The van der Waals surface area contributed by atoms with Gasteiger partial charge < -0.3 is 9.55 Å². The first-order valence-electron chi connectivity index (χ1n) is 8.85. The third-order valence-electron chi connectivity index (χ3n) is 4.57. The second-order valence-electron chi connectivity index (χ2n) is 6.32. The molecule has 0 aliphatic rings. The molecule has 4 aromatic rings. The maximum atomic E-state index is 13.2. The first kappa shape index (κ1) is 18.0. The zero-order valence-corrected chi connectivity index (χ0v) is 17.0. The minimum absolute atomic E-state index is 0.110. The van der Waals surface area contributed by atoms with Crippen molar-refractivity contribution in [3.63, 3.8) is 0 Å². The number of aromatic nitrogens is 4. The number of aromatic amines is 1. The van der Waals surface area contributed by atoms with Gasteiger partial charge in [-0.3, -0.25) is 4.79 Å². The average Bonchev–Trinajstić information content (AvgIpc) is 3.38. The number of Topliss-reactive ketones (excluding diaryl/α,β-unsaturated/α-hetero) is 1. The number of fused-ring (bicyclic) bond motifs is 1. The lowest BCUT2D eigenvalue weighted by molar-refractivity contribution is 0.0995. The number of rotatable bonds is 6. The Kier molecular flexibility index (Phi) is 4.88. The van der Waals surface area contributed by atoms with Crippen LogP contribution in [0.2, 0.25) is 0 Å². The van der Waals surface area contributed by atoms with Gasteiger partial charge in [-0.2, -0.15) is 0 Å². The Hall–Kier alpha value is -2.38. The highest BCUT2D eigenvalue weighted by atomic mass is 32.2. The normalized spacial score (nSPS) is 12.6. The largest absolute Gasteiger partial charge is 0.358 e. The van der Waals surface area contributed by atoms with E-state index in [-0.39, 0.29) is 11.0 Å². The van der Waals surface area contributed by atoms with Crippen molar-refractivity contribution in [3.05, 3.63) is 53.0 Å². The van der Waals surface area contributed by atoms with Gasteiger partial charge in [0.1, 0.15) is 0 Å². The fourth-order valence-corrected chi connectivity index (χ4v) is 4.95. The number of hydrogen-bond donors (Lipinski definition) is 1. The number of thioether (sulfide) groups is 1. The van der Waals surface area contributed by atoms with Gasteiger partial charge in [0.25, 0.3) is 0 Å². The van der Waals surface area contributed by atoms with Crippen LogP contribution in [0.15, 0.2) is 46.9 Å². The Morgan fingerprint density at radius 1 is 1.26 bits per heavy atom. The molecule has 0 spiro atoms. The molecule has 0 saturated carbocycles. The number of nitrogens with zero attached hydrogens (tertiary/aromatic N) is 3. The van der Waals surface area contributed by atoms with Gasteiger partial charge in [0, 0.05) is 28.7 Å². The monoisotopic (exact) mass is 396 g/mol. The van der Waals surface area contributed by atoms with Crippen LogP contribution < -0.4 is 0 Å². The second kappa shape index (κ2) is 7.32. The Bertz CT molecular complexity index is 1090. The summed E-state index contributed by atoms with van der Waals surface area (Å²) in [6.45, 7) is 6.72. The summed E-state index contributed by atoms with van der Waals surface area (Å²) >= 11 is 3.11. The summed E-state index contributed by atoms with van der Waals surface area (Å²) < 4.78 is 2.07. The van der Waals surface area contributed by atoms with Crippen molar-refractivity contribution in [1.29, 1.82) is 0 Å². The van der Waals surface area contributed by atoms with Crippen molar-refractivity contribution in [3.8, 4) is 10.7 Å². The van der Waals surface area contributed by atoms with E-state index in [1.807, 2.05) is 55.6 Å². The summed E-state index contributed by atoms with van der Waals surface area (Å²) in [5.41, 5.74) is 2.67. The molecule has 1 unspecified atom stereocenters. The lowest BCUT2D eigenvalue weighted by atomic mass is 10.1. The molecule has 3 heterocycles. The lowest BCUT2D eigenvalue weighted by Gasteiger charge is -2.11. The summed E-state index contributed by atoms with van der Waals surface area (Å²) in [6, 6.07) is 12.0. The summed E-state index contributed by atoms with van der Waals surface area (Å²) in [5, 5.41) is 12.2. The number of nitrogens with one attached hydrogen (secondary N) is 1. The van der Waals surface area contributed by atoms with E-state index in [0.29, 0.717) is 0 Å². The van der Waals surface area contributed by atoms with Crippen molar-refractivity contribution in [2.24, 2.45) is 0 Å². The van der Waals surface area contributed by atoms with Crippen molar-refractivity contribution < 1.29 is 4.79 Å². The first-order valence-corrected chi connectivity index (χ1v) is 10.6. The smallest absolute Gasteiger partial charge is 0.192 e. The van der Waals surface area contributed by atoms with Crippen LogP contribution in [0.25, 0.3) is 21.6 Å². The molecule has 0 bridgehead atoms. The van der Waals surface area contributed by atoms with E-state index < -0.39 is 0 Å². The number of carbonyl (C=O) groups is 1. The molecular formula is C20H20N4OS2. The van der Waals surface area contributed by atoms with Crippen LogP contribution in [0.3, 0.4) is 0 Å². The summed E-state index contributed by atoms with van der Waals surface area (Å²) in [6.07, 6.45) is 0. The van der Waals surface area contributed by atoms with Crippen molar-refractivity contribution in [2.45, 2.75) is 37.7 Å². The molecule has 0 aliphatic heterocycles. The van der Waals surface area contributed by atoms with E-state index in [2.05, 4.69) is 26.7 Å². The van der Waals surface area contributed by atoms with E-state index in [9.17, 15) is 4.79 Å². The zero-order chi connectivity index (χ0) is 19.0. The SMILES string of the molecule is CCn1c(SC(C)C(=O)c2c(C)[nH]c3ccccc23)nnc1-c1cccs1. The first-order chi connectivity index (χ1) is 13.1. The third-order valence-corrected chi connectivity index (χ3v) is 6.51. The Labute approximate surface area is 165 Å². The number of thiophene rings is 1. The van der Waals surface area contributed by atoms with Crippen LogP contribution in [0.1, 0.15) is 29.9 Å². The van der Waals surface area contributed by atoms with E-state index in [0.717, 1.165) is 44.6 Å². The van der Waals surface area contributed by atoms with E-state index >= 15 is 0 Å².